The molecule has 0 aliphatic carbocycles. The van der Waals surface area contributed by atoms with Crippen LogP contribution in [-0.4, -0.2) is 56.3 Å². The maximum absolute atomic E-state index is 12.6. The van der Waals surface area contributed by atoms with Crippen molar-refractivity contribution in [2.45, 2.75) is 13.0 Å². The van der Waals surface area contributed by atoms with Gasteiger partial charge in [0.2, 0.25) is 5.96 Å². The number of rotatable bonds is 4. The van der Waals surface area contributed by atoms with E-state index in [4.69, 9.17) is 0 Å². The summed E-state index contributed by atoms with van der Waals surface area (Å²) in [5.74, 6) is -0.668. The van der Waals surface area contributed by atoms with Gasteiger partial charge in [-0.05, 0) is 13.6 Å². The zero-order chi connectivity index (χ0) is 20.3. The molecule has 1 unspecified atom stereocenters. The summed E-state index contributed by atoms with van der Waals surface area (Å²) in [7, 11) is 3.23. The normalized spacial score (nSPS) is 12.6. The molecular formula is C16H17N9O2S. The van der Waals surface area contributed by atoms with E-state index in [1.54, 1.807) is 24.9 Å². The summed E-state index contributed by atoms with van der Waals surface area (Å²) in [5, 5.41) is 10.6. The van der Waals surface area contributed by atoms with E-state index in [9.17, 15) is 9.59 Å². The Bertz CT molecular complexity index is 1080. The van der Waals surface area contributed by atoms with Gasteiger partial charge in [-0.15, -0.1) is 11.3 Å². The van der Waals surface area contributed by atoms with Crippen molar-refractivity contribution < 1.29 is 9.59 Å². The molecule has 0 saturated heterocycles. The van der Waals surface area contributed by atoms with Crippen LogP contribution in [0.5, 0.6) is 0 Å². The van der Waals surface area contributed by atoms with Crippen LogP contribution in [0, 0.1) is 0 Å². The van der Waals surface area contributed by atoms with Gasteiger partial charge in [-0.3, -0.25) is 24.6 Å². The number of aliphatic imine (C=N–C) groups is 2. The molecule has 12 heteroatoms. The predicted octanol–water partition coefficient (Wildman–Crippen LogP) is 0.727. The Morgan fingerprint density at radius 1 is 1.25 bits per heavy atom. The van der Waals surface area contributed by atoms with Crippen molar-refractivity contribution in [3.63, 3.8) is 0 Å². The molecule has 3 aromatic heterocycles. The molecule has 0 aliphatic rings. The second kappa shape index (κ2) is 8.00. The van der Waals surface area contributed by atoms with Crippen LogP contribution in [0.25, 0.3) is 11.0 Å². The molecule has 3 rings (SSSR count). The third-order valence-corrected chi connectivity index (χ3v) is 4.98. The van der Waals surface area contributed by atoms with Crippen molar-refractivity contribution in [2.75, 3.05) is 7.05 Å². The largest absolute Gasteiger partial charge is 0.342 e. The highest BCUT2D eigenvalue weighted by atomic mass is 32.1. The highest BCUT2D eigenvalue weighted by Crippen LogP contribution is 2.21. The quantitative estimate of drug-likeness (QED) is 0.490. The van der Waals surface area contributed by atoms with E-state index in [1.807, 2.05) is 0 Å². The van der Waals surface area contributed by atoms with E-state index in [-0.39, 0.29) is 17.6 Å². The van der Waals surface area contributed by atoms with Crippen LogP contribution in [0.1, 0.15) is 38.1 Å². The van der Waals surface area contributed by atoms with Crippen molar-refractivity contribution in [1.29, 1.82) is 0 Å². The number of carbonyl (C=O) groups is 2. The topological polar surface area (TPSA) is 139 Å². The monoisotopic (exact) mass is 399 g/mol. The van der Waals surface area contributed by atoms with Crippen molar-refractivity contribution >= 4 is 46.9 Å². The average Bonchev–Trinajstić information content (AvgIpc) is 3.33. The molecule has 0 saturated carbocycles. The molecule has 0 spiro atoms. The van der Waals surface area contributed by atoms with Gasteiger partial charge in [-0.2, -0.15) is 5.10 Å². The molecule has 0 aliphatic heterocycles. The van der Waals surface area contributed by atoms with E-state index < -0.39 is 11.9 Å². The van der Waals surface area contributed by atoms with Gasteiger partial charge in [-0.1, -0.05) is 0 Å². The number of aryl methyl sites for hydroxylation is 1. The molecular weight excluding hydrogens is 382 g/mol. The van der Waals surface area contributed by atoms with Gasteiger partial charge in [0.15, 0.2) is 5.65 Å². The fraction of sp³-hybridized carbons (Fsp3) is 0.250. The van der Waals surface area contributed by atoms with E-state index in [1.165, 1.54) is 19.6 Å². The lowest BCUT2D eigenvalue weighted by Gasteiger charge is -2.11. The van der Waals surface area contributed by atoms with E-state index >= 15 is 0 Å². The van der Waals surface area contributed by atoms with Gasteiger partial charge in [0.05, 0.1) is 23.8 Å². The minimum Gasteiger partial charge on any atom is -0.342 e. The standard InChI is InChI=1S/C16H17N9O2S/c1-8(15-19-6-10(28-15)13(26)24-16(17-2)18-3)23-14(27)11-9-5-22-25(4)12(9)21-7-20-11/h5-8H,2H2,1,3-4H3,(H,23,27)(H,18,24,26). The first kappa shape index (κ1) is 19.2. The summed E-state index contributed by atoms with van der Waals surface area (Å²) in [4.78, 5) is 44.9. The van der Waals surface area contributed by atoms with Crippen LogP contribution in [0.4, 0.5) is 0 Å². The molecule has 2 N–H and O–H groups in total. The molecule has 0 bridgehead atoms. The Labute approximate surface area is 163 Å². The first-order valence-electron chi connectivity index (χ1n) is 8.08. The Balaban J connectivity index is 1.73. The molecule has 0 fully saturated rings. The number of amides is 2. The minimum atomic E-state index is -0.433. The maximum Gasteiger partial charge on any atom is 0.271 e. The molecule has 2 amide bonds. The lowest BCUT2D eigenvalue weighted by Crippen LogP contribution is -2.28. The molecule has 3 heterocycles. The third kappa shape index (κ3) is 3.76. The summed E-state index contributed by atoms with van der Waals surface area (Å²) in [6, 6.07) is -0.433. The lowest BCUT2D eigenvalue weighted by atomic mass is 10.2. The molecule has 0 aromatic carbocycles. The minimum absolute atomic E-state index is 0.116. The van der Waals surface area contributed by atoms with Crippen LogP contribution in [0.2, 0.25) is 0 Å². The summed E-state index contributed by atoms with van der Waals surface area (Å²) >= 11 is 1.15. The van der Waals surface area contributed by atoms with Crippen LogP contribution < -0.4 is 10.6 Å². The fourth-order valence-corrected chi connectivity index (χ4v) is 3.21. The number of nitrogens with zero attached hydrogens (tertiary/aromatic N) is 7. The Morgan fingerprint density at radius 2 is 2.04 bits per heavy atom. The van der Waals surface area contributed by atoms with Gasteiger partial charge in [0, 0.05) is 14.1 Å². The SMILES string of the molecule is C=NC(=NC)NC(=O)c1cnc(C(C)NC(=O)c2ncnc3c2cnn3C)s1. The zero-order valence-corrected chi connectivity index (χ0v) is 16.2. The number of carbonyl (C=O) groups excluding carboxylic acids is 2. The number of guanidine groups is 1. The van der Waals surface area contributed by atoms with Crippen molar-refractivity contribution in [2.24, 2.45) is 17.0 Å². The van der Waals surface area contributed by atoms with Gasteiger partial charge >= 0.3 is 0 Å². The molecule has 1 atom stereocenters. The van der Waals surface area contributed by atoms with E-state index in [2.05, 4.69) is 47.4 Å². The lowest BCUT2D eigenvalue weighted by molar-refractivity contribution is 0.0935. The zero-order valence-electron chi connectivity index (χ0n) is 15.4. The molecule has 11 nitrogen and oxygen atoms in total. The highest BCUT2D eigenvalue weighted by Gasteiger charge is 2.20. The first-order chi connectivity index (χ1) is 13.4. The van der Waals surface area contributed by atoms with Crippen molar-refractivity contribution in [1.82, 2.24) is 35.4 Å². The van der Waals surface area contributed by atoms with Crippen LogP contribution in [0.15, 0.2) is 28.7 Å². The Morgan fingerprint density at radius 3 is 2.75 bits per heavy atom. The average molecular weight is 399 g/mol. The number of fused-ring (bicyclic) bond motifs is 1. The molecule has 28 heavy (non-hydrogen) atoms. The third-order valence-electron chi connectivity index (χ3n) is 3.80. The highest BCUT2D eigenvalue weighted by molar-refractivity contribution is 7.13. The smallest absolute Gasteiger partial charge is 0.271 e. The summed E-state index contributed by atoms with van der Waals surface area (Å²) in [5.41, 5.74) is 0.783. The Hall–Kier alpha value is -3.54. The number of hydrogen-bond acceptors (Lipinski definition) is 8. The van der Waals surface area contributed by atoms with Crippen LogP contribution in [0.3, 0.4) is 0 Å². The second-order valence-corrected chi connectivity index (χ2v) is 6.71. The van der Waals surface area contributed by atoms with E-state index in [0.717, 1.165) is 11.3 Å². The van der Waals surface area contributed by atoms with Gasteiger partial charge in [0.25, 0.3) is 11.8 Å². The summed E-state index contributed by atoms with van der Waals surface area (Å²) in [6.07, 6.45) is 4.29. The van der Waals surface area contributed by atoms with Crippen molar-refractivity contribution in [3.05, 3.63) is 34.3 Å². The van der Waals surface area contributed by atoms with Crippen LogP contribution in [-0.2, 0) is 7.05 Å². The number of thiazole rings is 1. The van der Waals surface area contributed by atoms with Gasteiger partial charge < -0.3 is 5.32 Å². The van der Waals surface area contributed by atoms with Crippen molar-refractivity contribution in [3.8, 4) is 0 Å². The van der Waals surface area contributed by atoms with Gasteiger partial charge in [-0.25, -0.2) is 19.9 Å². The van der Waals surface area contributed by atoms with E-state index in [0.29, 0.717) is 20.9 Å². The number of hydrogen-bond donors (Lipinski definition) is 2. The molecule has 144 valence electrons. The fourth-order valence-electron chi connectivity index (χ4n) is 2.39. The Kier molecular flexibility index (Phi) is 5.49. The number of aromatic nitrogens is 5. The first-order valence-corrected chi connectivity index (χ1v) is 8.90. The van der Waals surface area contributed by atoms with Crippen LogP contribution >= 0.6 is 11.3 Å². The van der Waals surface area contributed by atoms with Gasteiger partial charge in [0.1, 0.15) is 21.9 Å². The summed E-state index contributed by atoms with van der Waals surface area (Å²) < 4.78 is 1.56. The molecule has 3 aromatic rings. The molecule has 0 radical (unpaired) electrons. The number of nitrogens with one attached hydrogen (secondary N) is 2. The maximum atomic E-state index is 12.6. The predicted molar refractivity (Wildman–Crippen MR) is 105 cm³/mol. The second-order valence-electron chi connectivity index (χ2n) is 5.65. The summed E-state index contributed by atoms with van der Waals surface area (Å²) in [6.45, 7) is 5.09.